The zero-order valence-corrected chi connectivity index (χ0v) is 15.8. The van der Waals surface area contributed by atoms with E-state index in [0.29, 0.717) is 29.6 Å². The quantitative estimate of drug-likeness (QED) is 0.651. The molecule has 142 valence electrons. The van der Waals surface area contributed by atoms with E-state index in [9.17, 15) is 13.5 Å². The molecule has 9 heteroatoms. The molecule has 0 saturated heterocycles. The van der Waals surface area contributed by atoms with Crippen LogP contribution in [0.15, 0.2) is 63.4 Å². The van der Waals surface area contributed by atoms with Gasteiger partial charge in [0, 0.05) is 10.9 Å². The number of thiophene rings is 1. The van der Waals surface area contributed by atoms with Crippen LogP contribution in [0.1, 0.15) is 10.6 Å². The summed E-state index contributed by atoms with van der Waals surface area (Å²) in [5.74, 6) is 1.14. The molecule has 7 nitrogen and oxygen atoms in total. The minimum absolute atomic E-state index is 0.0275. The topological polar surface area (TPSA) is 98.0 Å². The number of benzene rings is 1. The average Bonchev–Trinajstić information content (AvgIpc) is 3.40. The van der Waals surface area contributed by atoms with E-state index in [1.54, 1.807) is 35.7 Å². The molecule has 1 aromatic carbocycles. The van der Waals surface area contributed by atoms with E-state index in [1.165, 1.54) is 29.7 Å². The smallest absolute Gasteiger partial charge is 0.240 e. The Hall–Kier alpha value is -2.33. The number of hydrogen-bond acceptors (Lipinski definition) is 7. The molecule has 0 radical (unpaired) electrons. The van der Waals surface area contributed by atoms with Gasteiger partial charge in [-0.05, 0) is 35.7 Å². The standard InChI is InChI=1S/C18H17NO6S2/c20-18(16-3-1-7-25-16,17-4-2-10-26-17)12-19-27(21,22)13-5-6-14-15(11-13)24-9-8-23-14/h1-7,10-11,19-20H,8-9,12H2. The predicted octanol–water partition coefficient (Wildman–Crippen LogP) is 2.33. The largest absolute Gasteiger partial charge is 0.486 e. The summed E-state index contributed by atoms with van der Waals surface area (Å²) in [4.78, 5) is 0.599. The third kappa shape index (κ3) is 3.46. The lowest BCUT2D eigenvalue weighted by Gasteiger charge is -2.25. The maximum Gasteiger partial charge on any atom is 0.240 e. The van der Waals surface area contributed by atoms with Gasteiger partial charge in [-0.15, -0.1) is 11.3 Å². The van der Waals surface area contributed by atoms with Crippen LogP contribution in [0.3, 0.4) is 0 Å². The van der Waals surface area contributed by atoms with E-state index in [-0.39, 0.29) is 17.2 Å². The Morgan fingerprint density at radius 1 is 1.11 bits per heavy atom. The van der Waals surface area contributed by atoms with Gasteiger partial charge in [-0.1, -0.05) is 6.07 Å². The van der Waals surface area contributed by atoms with Crippen LogP contribution in [0.5, 0.6) is 11.5 Å². The summed E-state index contributed by atoms with van der Waals surface area (Å²) < 4.78 is 44.2. The first-order valence-electron chi connectivity index (χ1n) is 8.19. The van der Waals surface area contributed by atoms with E-state index in [4.69, 9.17) is 13.9 Å². The highest BCUT2D eigenvalue weighted by Gasteiger charge is 2.37. The second-order valence-corrected chi connectivity index (χ2v) is 8.66. The van der Waals surface area contributed by atoms with Crippen LogP contribution in [0.2, 0.25) is 0 Å². The van der Waals surface area contributed by atoms with Gasteiger partial charge in [-0.25, -0.2) is 13.1 Å². The molecule has 3 aromatic rings. The fraction of sp³-hybridized carbons (Fsp3) is 0.222. The van der Waals surface area contributed by atoms with E-state index in [1.807, 2.05) is 0 Å². The molecule has 1 unspecified atom stereocenters. The van der Waals surface area contributed by atoms with Crippen molar-refractivity contribution in [2.75, 3.05) is 19.8 Å². The molecule has 1 aliphatic heterocycles. The SMILES string of the molecule is O=S(=O)(NCC(O)(c1ccco1)c1cccs1)c1ccc2c(c1)OCCO2. The number of sulfonamides is 1. The summed E-state index contributed by atoms with van der Waals surface area (Å²) >= 11 is 1.31. The van der Waals surface area contributed by atoms with Crippen molar-refractivity contribution in [2.24, 2.45) is 0 Å². The summed E-state index contributed by atoms with van der Waals surface area (Å²) in [6.45, 7) is 0.507. The molecule has 0 fully saturated rings. The van der Waals surface area contributed by atoms with Crippen LogP contribution in [-0.4, -0.2) is 33.3 Å². The second-order valence-electron chi connectivity index (χ2n) is 5.94. The highest BCUT2D eigenvalue weighted by Crippen LogP contribution is 2.34. The number of ether oxygens (including phenoxy) is 2. The molecular weight excluding hydrogens is 390 g/mol. The summed E-state index contributed by atoms with van der Waals surface area (Å²) in [5, 5.41) is 13.0. The highest BCUT2D eigenvalue weighted by molar-refractivity contribution is 7.89. The summed E-state index contributed by atoms with van der Waals surface area (Å²) in [7, 11) is -3.89. The number of furan rings is 1. The van der Waals surface area contributed by atoms with Gasteiger partial charge in [0.2, 0.25) is 10.0 Å². The van der Waals surface area contributed by atoms with E-state index in [0.717, 1.165) is 0 Å². The van der Waals surface area contributed by atoms with Crippen molar-refractivity contribution in [3.63, 3.8) is 0 Å². The third-order valence-corrected chi connectivity index (χ3v) is 6.62. The van der Waals surface area contributed by atoms with Crippen molar-refractivity contribution in [3.05, 3.63) is 64.7 Å². The Bertz CT molecular complexity index is 978. The van der Waals surface area contributed by atoms with Crippen molar-refractivity contribution in [1.29, 1.82) is 0 Å². The fourth-order valence-corrected chi connectivity index (χ4v) is 4.70. The molecule has 2 N–H and O–H groups in total. The maximum atomic E-state index is 12.8. The van der Waals surface area contributed by atoms with Crippen molar-refractivity contribution in [1.82, 2.24) is 4.72 Å². The minimum atomic E-state index is -3.89. The van der Waals surface area contributed by atoms with Crippen LogP contribution in [0.25, 0.3) is 0 Å². The first-order chi connectivity index (χ1) is 13.0. The van der Waals surface area contributed by atoms with Crippen molar-refractivity contribution in [2.45, 2.75) is 10.5 Å². The zero-order valence-electron chi connectivity index (χ0n) is 14.1. The van der Waals surface area contributed by atoms with Crippen LogP contribution >= 0.6 is 11.3 Å². The average molecular weight is 407 g/mol. The third-order valence-electron chi connectivity index (χ3n) is 4.20. The lowest BCUT2D eigenvalue weighted by atomic mass is 9.99. The molecule has 2 aromatic heterocycles. The molecule has 3 heterocycles. The normalized spacial score (nSPS) is 16.0. The minimum Gasteiger partial charge on any atom is -0.486 e. The number of hydrogen-bond donors (Lipinski definition) is 2. The number of fused-ring (bicyclic) bond motifs is 1. The molecule has 0 saturated carbocycles. The molecule has 0 spiro atoms. The van der Waals surface area contributed by atoms with Crippen LogP contribution < -0.4 is 14.2 Å². The van der Waals surface area contributed by atoms with Crippen LogP contribution in [0, 0.1) is 0 Å². The summed E-state index contributed by atoms with van der Waals surface area (Å²) in [5.41, 5.74) is -1.61. The number of aliphatic hydroxyl groups is 1. The molecular formula is C18H17NO6S2. The Morgan fingerprint density at radius 3 is 2.63 bits per heavy atom. The number of rotatable bonds is 6. The van der Waals surface area contributed by atoms with Gasteiger partial charge < -0.3 is 19.0 Å². The van der Waals surface area contributed by atoms with E-state index in [2.05, 4.69) is 4.72 Å². The molecule has 0 aliphatic carbocycles. The van der Waals surface area contributed by atoms with Gasteiger partial charge in [0.05, 0.1) is 17.7 Å². The molecule has 27 heavy (non-hydrogen) atoms. The summed E-state index contributed by atoms with van der Waals surface area (Å²) in [6.07, 6.45) is 1.43. The Balaban J connectivity index is 1.61. The highest BCUT2D eigenvalue weighted by atomic mass is 32.2. The van der Waals surface area contributed by atoms with Gasteiger partial charge in [0.15, 0.2) is 17.1 Å². The van der Waals surface area contributed by atoms with E-state index < -0.39 is 15.6 Å². The van der Waals surface area contributed by atoms with Crippen molar-refractivity contribution in [3.8, 4) is 11.5 Å². The monoisotopic (exact) mass is 407 g/mol. The van der Waals surface area contributed by atoms with Gasteiger partial charge in [0.25, 0.3) is 0 Å². The first-order valence-corrected chi connectivity index (χ1v) is 10.5. The molecule has 1 atom stereocenters. The van der Waals surface area contributed by atoms with Gasteiger partial charge in [0.1, 0.15) is 19.0 Å². The number of nitrogens with one attached hydrogen (secondary N) is 1. The Morgan fingerprint density at radius 2 is 1.93 bits per heavy atom. The second kappa shape index (κ2) is 7.01. The van der Waals surface area contributed by atoms with Crippen molar-refractivity contribution < 1.29 is 27.4 Å². The first kappa shape index (κ1) is 18.1. The molecule has 4 rings (SSSR count). The zero-order chi connectivity index (χ0) is 18.9. The van der Waals surface area contributed by atoms with Crippen LogP contribution in [-0.2, 0) is 15.6 Å². The lowest BCUT2D eigenvalue weighted by Crippen LogP contribution is -2.41. The fourth-order valence-electron chi connectivity index (χ4n) is 2.80. The summed E-state index contributed by atoms with van der Waals surface area (Å²) in [6, 6.07) is 11.2. The lowest BCUT2D eigenvalue weighted by molar-refractivity contribution is 0.0655. The van der Waals surface area contributed by atoms with Crippen molar-refractivity contribution >= 4 is 21.4 Å². The van der Waals surface area contributed by atoms with E-state index >= 15 is 0 Å². The van der Waals surface area contributed by atoms with Gasteiger partial charge in [-0.2, -0.15) is 0 Å². The Kier molecular flexibility index (Phi) is 4.68. The van der Waals surface area contributed by atoms with Gasteiger partial charge >= 0.3 is 0 Å². The molecule has 1 aliphatic rings. The van der Waals surface area contributed by atoms with Crippen LogP contribution in [0.4, 0.5) is 0 Å². The van der Waals surface area contributed by atoms with Gasteiger partial charge in [-0.3, -0.25) is 0 Å². The molecule has 0 amide bonds. The predicted molar refractivity (Wildman–Crippen MR) is 98.6 cm³/mol. The maximum absolute atomic E-state index is 12.8. The Labute approximate surface area is 160 Å². The molecule has 0 bridgehead atoms.